The van der Waals surface area contributed by atoms with Crippen molar-refractivity contribution in [3.05, 3.63) is 11.6 Å². The predicted molar refractivity (Wildman–Crippen MR) is 28.8 cm³/mol. The van der Waals surface area contributed by atoms with E-state index < -0.39 is 23.3 Å². The molecule has 60 valence electrons. The van der Waals surface area contributed by atoms with Gasteiger partial charge in [0.05, 0.1) is 5.97 Å². The monoisotopic (exact) mass is 156 g/mol. The average molecular weight is 156 g/mol. The van der Waals surface area contributed by atoms with Gasteiger partial charge in [0.15, 0.2) is 0 Å². The van der Waals surface area contributed by atoms with Gasteiger partial charge in [-0.15, -0.1) is 0 Å². The number of Topliss-reactive ketones (excluding diaryl/α,β-unsaturated/α-hetero) is 1. The molecule has 0 spiro atoms. The predicted octanol–water partition coefficient (Wildman–Crippen LogP) is -3.00. The highest BCUT2D eigenvalue weighted by molar-refractivity contribution is 6.44. The van der Waals surface area contributed by atoms with E-state index in [0.29, 0.717) is 0 Å². The summed E-state index contributed by atoms with van der Waals surface area (Å²) in [5.74, 6) is -5.45. The Morgan fingerprint density at radius 3 is 1.64 bits per heavy atom. The molecule has 0 rings (SSSR count). The third-order valence-electron chi connectivity index (χ3n) is 0.939. The van der Waals surface area contributed by atoms with Crippen molar-refractivity contribution in [2.45, 2.75) is 6.92 Å². The minimum atomic E-state index is -2.05. The summed E-state index contributed by atoms with van der Waals surface area (Å²) in [5.41, 5.74) is -0.898. The fraction of sp³-hybridized carbons (Fsp3) is 0.167. The second kappa shape index (κ2) is 3.50. The van der Waals surface area contributed by atoms with Crippen LogP contribution in [-0.2, 0) is 14.4 Å². The maximum atomic E-state index is 10.4. The molecule has 0 heterocycles. The number of carbonyl (C=O) groups is 3. The summed E-state index contributed by atoms with van der Waals surface area (Å²) in [4.78, 5) is 30.2. The zero-order valence-electron chi connectivity index (χ0n) is 5.62. The molecule has 0 aliphatic rings. The first-order valence-corrected chi connectivity index (χ1v) is 2.64. The maximum absolute atomic E-state index is 10.4. The third kappa shape index (κ3) is 2.21. The average Bonchev–Trinajstić information content (AvgIpc) is 1.88. The van der Waals surface area contributed by atoms with Gasteiger partial charge in [0.1, 0.15) is 5.97 Å². The summed E-state index contributed by atoms with van der Waals surface area (Å²) >= 11 is 0. The van der Waals surface area contributed by atoms with Crippen LogP contribution in [-0.4, -0.2) is 17.7 Å². The standard InChI is InChI=1S/C6H6O5/c1-2-3(5(8)9)4(7)6(10)11/h2H,1H3,(H,8,9)(H,10,11)/p-2/b3-2+. The zero-order valence-corrected chi connectivity index (χ0v) is 5.62. The van der Waals surface area contributed by atoms with Crippen molar-refractivity contribution in [2.24, 2.45) is 0 Å². The number of hydrogen-bond donors (Lipinski definition) is 0. The van der Waals surface area contributed by atoms with Crippen molar-refractivity contribution >= 4 is 17.7 Å². The van der Waals surface area contributed by atoms with Crippen LogP contribution in [0.15, 0.2) is 11.6 Å². The maximum Gasteiger partial charge on any atom is 0.209 e. The number of ketones is 1. The molecule has 0 aromatic heterocycles. The molecule has 0 atom stereocenters. The molecule has 0 amide bonds. The van der Waals surface area contributed by atoms with Gasteiger partial charge in [-0.05, 0) is 6.92 Å². The van der Waals surface area contributed by atoms with Crippen molar-refractivity contribution in [3.63, 3.8) is 0 Å². The lowest BCUT2D eigenvalue weighted by atomic mass is 10.1. The van der Waals surface area contributed by atoms with Crippen LogP contribution in [0.4, 0.5) is 0 Å². The van der Waals surface area contributed by atoms with Crippen LogP contribution in [0, 0.1) is 0 Å². The number of allylic oxidation sites excluding steroid dienone is 1. The first-order chi connectivity index (χ1) is 5.00. The van der Waals surface area contributed by atoms with Crippen LogP contribution in [0.1, 0.15) is 6.92 Å². The van der Waals surface area contributed by atoms with Gasteiger partial charge in [0.25, 0.3) is 0 Å². The van der Waals surface area contributed by atoms with Crippen LogP contribution in [0.25, 0.3) is 0 Å². The second-order valence-electron chi connectivity index (χ2n) is 1.61. The molecule has 0 aliphatic carbocycles. The number of rotatable bonds is 3. The molecule has 0 N–H and O–H groups in total. The van der Waals surface area contributed by atoms with Crippen molar-refractivity contribution in [1.29, 1.82) is 0 Å². The summed E-state index contributed by atoms with van der Waals surface area (Å²) in [6.45, 7) is 1.21. The molecule has 0 fully saturated rings. The molecule has 0 bridgehead atoms. The summed E-state index contributed by atoms with van der Waals surface area (Å²) in [6, 6.07) is 0. The molecule has 11 heavy (non-hydrogen) atoms. The Labute approximate surface area is 61.9 Å². The third-order valence-corrected chi connectivity index (χ3v) is 0.939. The Kier molecular flexibility index (Phi) is 2.98. The fourth-order valence-electron chi connectivity index (χ4n) is 0.452. The Bertz CT molecular complexity index is 237. The lowest BCUT2D eigenvalue weighted by Gasteiger charge is -2.05. The highest BCUT2D eigenvalue weighted by atomic mass is 16.4. The van der Waals surface area contributed by atoms with Gasteiger partial charge in [-0.3, -0.25) is 4.79 Å². The van der Waals surface area contributed by atoms with Gasteiger partial charge in [-0.2, -0.15) is 0 Å². The van der Waals surface area contributed by atoms with E-state index in [1.807, 2.05) is 0 Å². The van der Waals surface area contributed by atoms with Crippen molar-refractivity contribution < 1.29 is 24.6 Å². The van der Waals surface area contributed by atoms with E-state index >= 15 is 0 Å². The van der Waals surface area contributed by atoms with E-state index in [0.717, 1.165) is 6.08 Å². The van der Waals surface area contributed by atoms with Crippen LogP contribution < -0.4 is 10.2 Å². The molecule has 0 aromatic carbocycles. The molecule has 0 saturated carbocycles. The van der Waals surface area contributed by atoms with E-state index in [2.05, 4.69) is 0 Å². The SMILES string of the molecule is C/C=C(/C(=O)[O-])C(=O)C(=O)[O-]. The van der Waals surface area contributed by atoms with Crippen molar-refractivity contribution in [3.8, 4) is 0 Å². The quantitative estimate of drug-likeness (QED) is 0.188. The number of carboxylic acid groups (broad SMARTS) is 2. The molecule has 5 heteroatoms. The van der Waals surface area contributed by atoms with E-state index in [1.54, 1.807) is 0 Å². The Morgan fingerprint density at radius 1 is 1.09 bits per heavy atom. The van der Waals surface area contributed by atoms with Gasteiger partial charge >= 0.3 is 0 Å². The summed E-state index contributed by atoms with van der Waals surface area (Å²) < 4.78 is 0. The molecular weight excluding hydrogens is 152 g/mol. The number of carbonyl (C=O) groups excluding carboxylic acids is 3. The second-order valence-corrected chi connectivity index (χ2v) is 1.61. The van der Waals surface area contributed by atoms with Gasteiger partial charge in [0, 0.05) is 5.57 Å². The molecular formula is C6H4O5-2. The lowest BCUT2D eigenvalue weighted by molar-refractivity contribution is -0.304. The van der Waals surface area contributed by atoms with Gasteiger partial charge < -0.3 is 19.8 Å². The summed E-state index contributed by atoms with van der Waals surface area (Å²) in [5, 5.41) is 19.8. The Balaban J connectivity index is 4.69. The van der Waals surface area contributed by atoms with E-state index in [9.17, 15) is 24.6 Å². The Hall–Kier alpha value is -1.65. The van der Waals surface area contributed by atoms with Crippen molar-refractivity contribution in [1.82, 2.24) is 0 Å². The zero-order chi connectivity index (χ0) is 9.02. The van der Waals surface area contributed by atoms with Crippen LogP contribution in [0.5, 0.6) is 0 Å². The summed E-state index contributed by atoms with van der Waals surface area (Å²) in [6.07, 6.45) is 0.841. The first-order valence-electron chi connectivity index (χ1n) is 2.64. The number of hydrogen-bond acceptors (Lipinski definition) is 5. The van der Waals surface area contributed by atoms with Crippen molar-refractivity contribution in [2.75, 3.05) is 0 Å². The molecule has 0 aromatic rings. The largest absolute Gasteiger partial charge is 0.545 e. The summed E-state index contributed by atoms with van der Waals surface area (Å²) in [7, 11) is 0. The molecule has 0 unspecified atom stereocenters. The topological polar surface area (TPSA) is 97.3 Å². The minimum absolute atomic E-state index is 0.841. The van der Waals surface area contributed by atoms with Crippen LogP contribution in [0.3, 0.4) is 0 Å². The van der Waals surface area contributed by atoms with Crippen LogP contribution in [0.2, 0.25) is 0 Å². The normalized spacial score (nSPS) is 10.8. The first kappa shape index (κ1) is 9.35. The van der Waals surface area contributed by atoms with Gasteiger partial charge in [0.2, 0.25) is 5.78 Å². The minimum Gasteiger partial charge on any atom is -0.545 e. The molecule has 5 nitrogen and oxygen atoms in total. The fourth-order valence-corrected chi connectivity index (χ4v) is 0.452. The molecule has 0 radical (unpaired) electrons. The smallest absolute Gasteiger partial charge is 0.209 e. The highest BCUT2D eigenvalue weighted by Gasteiger charge is 2.09. The van der Waals surface area contributed by atoms with E-state index in [1.165, 1.54) is 6.92 Å². The Morgan fingerprint density at radius 2 is 1.55 bits per heavy atom. The number of carboxylic acids is 2. The molecule has 0 saturated heterocycles. The van der Waals surface area contributed by atoms with Gasteiger partial charge in [-0.1, -0.05) is 6.08 Å². The van der Waals surface area contributed by atoms with Crippen LogP contribution >= 0.6 is 0 Å². The van der Waals surface area contributed by atoms with Gasteiger partial charge in [-0.25, -0.2) is 0 Å². The lowest BCUT2D eigenvalue weighted by Crippen LogP contribution is -2.38. The van der Waals surface area contributed by atoms with E-state index in [-0.39, 0.29) is 0 Å². The van der Waals surface area contributed by atoms with E-state index in [4.69, 9.17) is 0 Å². The number of aliphatic carboxylic acids is 2. The highest BCUT2D eigenvalue weighted by Crippen LogP contribution is 1.92. The molecule has 0 aliphatic heterocycles.